The van der Waals surface area contributed by atoms with Crippen LogP contribution in [0.5, 0.6) is 0 Å². The third kappa shape index (κ3) is 5.27. The Balaban J connectivity index is 3.50. The standard InChI is InChI=1S/C5H9FN2/c1-4(2)8-3-5(6)7/h3-4,7H,1-2H3. The van der Waals surface area contributed by atoms with Crippen molar-refractivity contribution in [3.63, 3.8) is 0 Å². The number of hydrogen-bond acceptors (Lipinski definition) is 2. The molecule has 3 heteroatoms. The Morgan fingerprint density at radius 2 is 2.25 bits per heavy atom. The normalized spacial score (nSPS) is 11.0. The quantitative estimate of drug-likeness (QED) is 0.529. The Morgan fingerprint density at radius 1 is 1.75 bits per heavy atom. The number of aliphatic imine (C=N–C) groups is 1. The van der Waals surface area contributed by atoms with E-state index < -0.39 is 5.97 Å². The molecule has 0 saturated heterocycles. The first kappa shape index (κ1) is 7.27. The molecule has 0 heterocycles. The van der Waals surface area contributed by atoms with Crippen LogP contribution < -0.4 is 0 Å². The predicted molar refractivity (Wildman–Crippen MR) is 32.5 cm³/mol. The van der Waals surface area contributed by atoms with Crippen LogP contribution in [0.3, 0.4) is 0 Å². The molecule has 0 spiro atoms. The van der Waals surface area contributed by atoms with Crippen LogP contribution in [0.2, 0.25) is 0 Å². The molecule has 0 aliphatic rings. The van der Waals surface area contributed by atoms with Gasteiger partial charge in [0.2, 0.25) is 5.97 Å². The molecule has 0 aliphatic carbocycles. The van der Waals surface area contributed by atoms with Crippen molar-refractivity contribution < 1.29 is 4.39 Å². The summed E-state index contributed by atoms with van der Waals surface area (Å²) in [7, 11) is 0. The van der Waals surface area contributed by atoms with Crippen molar-refractivity contribution in [3.8, 4) is 0 Å². The second kappa shape index (κ2) is 3.29. The lowest BCUT2D eigenvalue weighted by Gasteiger charge is -1.89. The third-order valence-corrected chi connectivity index (χ3v) is 0.486. The highest BCUT2D eigenvalue weighted by molar-refractivity contribution is 6.24. The summed E-state index contributed by atoms with van der Waals surface area (Å²) in [6.45, 7) is 3.64. The second-order valence-corrected chi connectivity index (χ2v) is 1.72. The highest BCUT2D eigenvalue weighted by atomic mass is 19.1. The molecule has 0 bridgehead atoms. The molecule has 0 aromatic heterocycles. The molecule has 0 aromatic rings. The number of halogens is 1. The monoisotopic (exact) mass is 116 g/mol. The molecule has 0 amide bonds. The molecular weight excluding hydrogens is 107 g/mol. The first-order valence-electron chi connectivity index (χ1n) is 2.40. The molecule has 0 saturated carbocycles. The lowest BCUT2D eigenvalue weighted by atomic mass is 10.4. The van der Waals surface area contributed by atoms with Gasteiger partial charge in [-0.3, -0.25) is 10.4 Å². The van der Waals surface area contributed by atoms with Crippen LogP contribution in [0.4, 0.5) is 4.39 Å². The molecule has 0 rings (SSSR count). The smallest absolute Gasteiger partial charge is 0.223 e. The van der Waals surface area contributed by atoms with Crippen LogP contribution in [0.25, 0.3) is 0 Å². The lowest BCUT2D eigenvalue weighted by Crippen LogP contribution is -1.93. The molecule has 1 N–H and O–H groups in total. The summed E-state index contributed by atoms with van der Waals surface area (Å²) < 4.78 is 11.5. The van der Waals surface area contributed by atoms with Crippen LogP contribution in [0.1, 0.15) is 13.8 Å². The van der Waals surface area contributed by atoms with E-state index in [9.17, 15) is 4.39 Å². The second-order valence-electron chi connectivity index (χ2n) is 1.72. The maximum absolute atomic E-state index is 11.5. The summed E-state index contributed by atoms with van der Waals surface area (Å²) in [6.07, 6.45) is 0.907. The largest absolute Gasteiger partial charge is 0.286 e. The number of hydrogen-bond donors (Lipinski definition) is 1. The highest BCUT2D eigenvalue weighted by Gasteiger charge is 1.85. The van der Waals surface area contributed by atoms with Crippen molar-refractivity contribution >= 4 is 12.2 Å². The van der Waals surface area contributed by atoms with E-state index in [4.69, 9.17) is 5.41 Å². The fraction of sp³-hybridized carbons (Fsp3) is 0.600. The van der Waals surface area contributed by atoms with Gasteiger partial charge in [-0.05, 0) is 13.8 Å². The average Bonchev–Trinajstić information content (AvgIpc) is 1.61. The van der Waals surface area contributed by atoms with E-state index in [1.54, 1.807) is 0 Å². The summed E-state index contributed by atoms with van der Waals surface area (Å²) in [5, 5.41) is 6.27. The van der Waals surface area contributed by atoms with Crippen LogP contribution in [0, 0.1) is 5.41 Å². The molecule has 0 atom stereocenters. The summed E-state index contributed by atoms with van der Waals surface area (Å²) in [4.78, 5) is 3.60. The van der Waals surface area contributed by atoms with Crippen LogP contribution in [0.15, 0.2) is 4.99 Å². The van der Waals surface area contributed by atoms with Crippen molar-refractivity contribution in [2.75, 3.05) is 0 Å². The fourth-order valence-electron chi connectivity index (χ4n) is 0.215. The lowest BCUT2D eigenvalue weighted by molar-refractivity contribution is 0.803. The maximum Gasteiger partial charge on any atom is 0.223 e. The Bertz CT molecular complexity index is 107. The highest BCUT2D eigenvalue weighted by Crippen LogP contribution is 1.82. The summed E-state index contributed by atoms with van der Waals surface area (Å²) in [6, 6.07) is 0.0751. The van der Waals surface area contributed by atoms with Gasteiger partial charge in [-0.2, -0.15) is 4.39 Å². The van der Waals surface area contributed by atoms with Crippen molar-refractivity contribution in [2.45, 2.75) is 19.9 Å². The molecule has 0 aliphatic heterocycles. The number of nitrogens with zero attached hydrogens (tertiary/aromatic N) is 1. The Kier molecular flexibility index (Phi) is 2.99. The van der Waals surface area contributed by atoms with Crippen molar-refractivity contribution in [3.05, 3.63) is 0 Å². The molecule has 0 unspecified atom stereocenters. The zero-order valence-corrected chi connectivity index (χ0v) is 4.98. The fourth-order valence-corrected chi connectivity index (χ4v) is 0.215. The Hall–Kier alpha value is -0.730. The van der Waals surface area contributed by atoms with Gasteiger partial charge in [-0.15, -0.1) is 0 Å². The van der Waals surface area contributed by atoms with Gasteiger partial charge in [0.15, 0.2) is 0 Å². The molecule has 2 nitrogen and oxygen atoms in total. The van der Waals surface area contributed by atoms with Crippen LogP contribution >= 0.6 is 0 Å². The van der Waals surface area contributed by atoms with Crippen molar-refractivity contribution in [2.24, 2.45) is 4.99 Å². The molecule has 0 aromatic carbocycles. The predicted octanol–water partition coefficient (Wildman–Crippen LogP) is 1.41. The minimum Gasteiger partial charge on any atom is -0.286 e. The van der Waals surface area contributed by atoms with E-state index in [2.05, 4.69) is 4.99 Å². The first-order chi connectivity index (χ1) is 3.63. The summed E-state index contributed by atoms with van der Waals surface area (Å²) in [5.41, 5.74) is 0. The minimum absolute atomic E-state index is 0.0751. The van der Waals surface area contributed by atoms with E-state index in [0.29, 0.717) is 0 Å². The van der Waals surface area contributed by atoms with Gasteiger partial charge in [-0.1, -0.05) is 0 Å². The average molecular weight is 116 g/mol. The Morgan fingerprint density at radius 3 is 2.38 bits per heavy atom. The first-order valence-corrected chi connectivity index (χ1v) is 2.40. The molecule has 0 radical (unpaired) electrons. The number of rotatable bonds is 2. The van der Waals surface area contributed by atoms with Gasteiger partial charge in [0.25, 0.3) is 0 Å². The van der Waals surface area contributed by atoms with E-state index in [1.165, 1.54) is 0 Å². The van der Waals surface area contributed by atoms with E-state index >= 15 is 0 Å². The molecule has 46 valence electrons. The Labute approximate surface area is 47.9 Å². The summed E-state index contributed by atoms with van der Waals surface area (Å²) in [5.74, 6) is -0.987. The van der Waals surface area contributed by atoms with Crippen LogP contribution in [-0.2, 0) is 0 Å². The van der Waals surface area contributed by atoms with E-state index in [-0.39, 0.29) is 6.04 Å². The SMILES string of the molecule is CC(C)N=CC(=N)F. The van der Waals surface area contributed by atoms with E-state index in [1.807, 2.05) is 13.8 Å². The zero-order chi connectivity index (χ0) is 6.57. The van der Waals surface area contributed by atoms with E-state index in [0.717, 1.165) is 6.21 Å². The van der Waals surface area contributed by atoms with Gasteiger partial charge in [-0.25, -0.2) is 0 Å². The molecule has 8 heavy (non-hydrogen) atoms. The van der Waals surface area contributed by atoms with Gasteiger partial charge >= 0.3 is 0 Å². The van der Waals surface area contributed by atoms with Gasteiger partial charge in [0.05, 0.1) is 6.21 Å². The molecule has 0 fully saturated rings. The number of nitrogens with one attached hydrogen (secondary N) is 1. The van der Waals surface area contributed by atoms with Crippen molar-refractivity contribution in [1.29, 1.82) is 5.41 Å². The minimum atomic E-state index is -0.987. The van der Waals surface area contributed by atoms with Crippen molar-refractivity contribution in [1.82, 2.24) is 0 Å². The zero-order valence-electron chi connectivity index (χ0n) is 4.98. The van der Waals surface area contributed by atoms with Gasteiger partial charge < -0.3 is 0 Å². The molecular formula is C5H9FN2. The van der Waals surface area contributed by atoms with Gasteiger partial charge in [0, 0.05) is 6.04 Å². The maximum atomic E-state index is 11.5. The van der Waals surface area contributed by atoms with Gasteiger partial charge in [0.1, 0.15) is 0 Å². The van der Waals surface area contributed by atoms with Crippen LogP contribution in [-0.4, -0.2) is 18.2 Å². The third-order valence-electron chi connectivity index (χ3n) is 0.486. The topological polar surface area (TPSA) is 36.2 Å². The summed E-state index contributed by atoms with van der Waals surface area (Å²) >= 11 is 0.